The van der Waals surface area contributed by atoms with Crippen LogP contribution in [0.25, 0.3) is 0 Å². The van der Waals surface area contributed by atoms with Crippen LogP contribution in [0.2, 0.25) is 0 Å². The van der Waals surface area contributed by atoms with Gasteiger partial charge in [-0.05, 0) is 44.9 Å². The van der Waals surface area contributed by atoms with Crippen molar-refractivity contribution in [2.75, 3.05) is 40.0 Å². The number of hydrogen-bond acceptors (Lipinski definition) is 3. The zero-order chi connectivity index (χ0) is 17.6. The minimum Gasteiger partial charge on any atom is -0.381 e. The van der Waals surface area contributed by atoms with E-state index in [1.807, 2.05) is 7.05 Å². The Morgan fingerprint density at radius 3 is 2.63 bits per heavy atom. The first kappa shape index (κ1) is 20.2. The largest absolute Gasteiger partial charge is 0.381 e. The maximum Gasteiger partial charge on any atom is 0.193 e. The molecule has 0 radical (unpaired) electrons. The van der Waals surface area contributed by atoms with E-state index >= 15 is 0 Å². The molecule has 2 aliphatic carbocycles. The lowest BCUT2D eigenvalue weighted by Crippen LogP contribution is -2.70. The summed E-state index contributed by atoms with van der Waals surface area (Å²) in [6, 6.07) is 0.566. The summed E-state index contributed by atoms with van der Waals surface area (Å²) < 4.78 is 12.0. The standard InChI is InChI=1S/C21H35N3O2.HI/c1-22-19(24-11-4-7-20(14-24)8-5-12-25-15-20)23-17-16-6-13-26-18(16)21(17)9-2-3-10-21;/h16-18H,2-15H2,1H3,(H,22,23);1H. The van der Waals surface area contributed by atoms with Crippen molar-refractivity contribution in [1.82, 2.24) is 10.2 Å². The van der Waals surface area contributed by atoms with Gasteiger partial charge in [-0.15, -0.1) is 24.0 Å². The van der Waals surface area contributed by atoms with Gasteiger partial charge in [0, 0.05) is 56.1 Å². The molecule has 6 heteroatoms. The molecular formula is C21H36IN3O2. The number of fused-ring (bicyclic) bond motifs is 2. The number of guanidine groups is 1. The van der Waals surface area contributed by atoms with Gasteiger partial charge < -0.3 is 19.7 Å². The van der Waals surface area contributed by atoms with E-state index in [1.165, 1.54) is 57.8 Å². The summed E-state index contributed by atoms with van der Waals surface area (Å²) in [6.45, 7) is 5.08. The minimum absolute atomic E-state index is 0. The molecule has 2 spiro atoms. The van der Waals surface area contributed by atoms with E-state index < -0.39 is 0 Å². The van der Waals surface area contributed by atoms with Crippen LogP contribution in [0.15, 0.2) is 4.99 Å². The van der Waals surface area contributed by atoms with E-state index in [2.05, 4.69) is 10.2 Å². The SMILES string of the molecule is CN=C(NC1C2CCOC2C12CCCC2)N1CCCC2(CCCOC2)C1.I. The van der Waals surface area contributed by atoms with Crippen molar-refractivity contribution in [3.05, 3.63) is 0 Å². The van der Waals surface area contributed by atoms with Crippen molar-refractivity contribution in [3.8, 4) is 0 Å². The number of likely N-dealkylation sites (tertiary alicyclic amines) is 1. The molecule has 0 amide bonds. The van der Waals surface area contributed by atoms with Gasteiger partial charge in [0.05, 0.1) is 12.7 Å². The maximum atomic E-state index is 6.16. The molecule has 2 saturated carbocycles. The molecule has 3 aliphatic heterocycles. The lowest BCUT2D eigenvalue weighted by atomic mass is 9.54. The van der Waals surface area contributed by atoms with Gasteiger partial charge in [0.1, 0.15) is 0 Å². The topological polar surface area (TPSA) is 46.1 Å². The quantitative estimate of drug-likeness (QED) is 0.349. The first-order valence-electron chi connectivity index (χ1n) is 10.9. The lowest BCUT2D eigenvalue weighted by molar-refractivity contribution is -0.125. The van der Waals surface area contributed by atoms with Gasteiger partial charge in [0.25, 0.3) is 0 Å². The summed E-state index contributed by atoms with van der Waals surface area (Å²) >= 11 is 0. The Balaban J connectivity index is 0.00000180. The maximum absolute atomic E-state index is 6.16. The summed E-state index contributed by atoms with van der Waals surface area (Å²) in [5, 5.41) is 3.95. The number of aliphatic imine (C=N–C) groups is 1. The van der Waals surface area contributed by atoms with Crippen LogP contribution in [-0.4, -0.2) is 63.0 Å². The number of halogens is 1. The van der Waals surface area contributed by atoms with Gasteiger partial charge in [-0.3, -0.25) is 4.99 Å². The van der Waals surface area contributed by atoms with E-state index in [4.69, 9.17) is 14.5 Å². The molecule has 4 atom stereocenters. The zero-order valence-corrected chi connectivity index (χ0v) is 19.1. The van der Waals surface area contributed by atoms with Gasteiger partial charge in [0.15, 0.2) is 5.96 Å². The van der Waals surface area contributed by atoms with Crippen LogP contribution in [0.1, 0.15) is 57.8 Å². The molecule has 5 nitrogen and oxygen atoms in total. The molecular weight excluding hydrogens is 453 g/mol. The number of nitrogens with one attached hydrogen (secondary N) is 1. The average Bonchev–Trinajstić information content (AvgIpc) is 3.32. The van der Waals surface area contributed by atoms with Crippen molar-refractivity contribution in [3.63, 3.8) is 0 Å². The normalized spacial score (nSPS) is 40.6. The molecule has 27 heavy (non-hydrogen) atoms. The van der Waals surface area contributed by atoms with Crippen LogP contribution < -0.4 is 5.32 Å². The number of piperidine rings is 1. The van der Waals surface area contributed by atoms with E-state index in [1.54, 1.807) is 0 Å². The fourth-order valence-corrected chi connectivity index (χ4v) is 6.96. The van der Waals surface area contributed by atoms with E-state index in [0.29, 0.717) is 28.9 Å². The monoisotopic (exact) mass is 489 g/mol. The Bertz CT molecular complexity index is 552. The van der Waals surface area contributed by atoms with Crippen LogP contribution >= 0.6 is 24.0 Å². The Morgan fingerprint density at radius 1 is 1.07 bits per heavy atom. The molecule has 0 aromatic carbocycles. The van der Waals surface area contributed by atoms with E-state index in [9.17, 15) is 0 Å². The second kappa shape index (κ2) is 7.98. The lowest BCUT2D eigenvalue weighted by Gasteiger charge is -2.58. The van der Waals surface area contributed by atoms with Crippen molar-refractivity contribution in [1.29, 1.82) is 0 Å². The van der Waals surface area contributed by atoms with Crippen molar-refractivity contribution in [2.45, 2.75) is 69.9 Å². The van der Waals surface area contributed by atoms with Gasteiger partial charge in [-0.2, -0.15) is 0 Å². The van der Waals surface area contributed by atoms with Gasteiger partial charge in [0.2, 0.25) is 0 Å². The smallest absolute Gasteiger partial charge is 0.193 e. The van der Waals surface area contributed by atoms with Crippen LogP contribution in [0, 0.1) is 16.7 Å². The third-order valence-electron chi connectivity index (χ3n) is 8.15. The summed E-state index contributed by atoms with van der Waals surface area (Å²) in [5.41, 5.74) is 0.746. The summed E-state index contributed by atoms with van der Waals surface area (Å²) in [7, 11) is 1.96. The number of nitrogens with zero attached hydrogens (tertiary/aromatic N) is 2. The number of ether oxygens (including phenoxy) is 2. The highest BCUT2D eigenvalue weighted by molar-refractivity contribution is 14.0. The third-order valence-corrected chi connectivity index (χ3v) is 8.15. The zero-order valence-electron chi connectivity index (χ0n) is 16.8. The van der Waals surface area contributed by atoms with E-state index in [-0.39, 0.29) is 24.0 Å². The Kier molecular flexibility index (Phi) is 5.97. The predicted molar refractivity (Wildman–Crippen MR) is 118 cm³/mol. The van der Waals surface area contributed by atoms with Crippen LogP contribution in [0.5, 0.6) is 0 Å². The first-order chi connectivity index (χ1) is 12.8. The minimum atomic E-state index is 0. The van der Waals surface area contributed by atoms with Crippen molar-refractivity contribution in [2.24, 2.45) is 21.7 Å². The molecule has 4 unspecified atom stereocenters. The summed E-state index contributed by atoms with van der Waals surface area (Å²) in [6.07, 6.45) is 12.2. The first-order valence-corrected chi connectivity index (χ1v) is 10.9. The van der Waals surface area contributed by atoms with Gasteiger partial charge >= 0.3 is 0 Å². The highest BCUT2D eigenvalue weighted by atomic mass is 127. The van der Waals surface area contributed by atoms with Gasteiger partial charge in [-0.25, -0.2) is 0 Å². The van der Waals surface area contributed by atoms with Gasteiger partial charge in [-0.1, -0.05) is 12.8 Å². The number of hydrogen-bond donors (Lipinski definition) is 1. The summed E-state index contributed by atoms with van der Waals surface area (Å²) in [4.78, 5) is 7.26. The molecule has 5 fully saturated rings. The molecule has 3 heterocycles. The fraction of sp³-hybridized carbons (Fsp3) is 0.952. The highest BCUT2D eigenvalue weighted by Gasteiger charge is 2.65. The Hall–Kier alpha value is -0.0800. The highest BCUT2D eigenvalue weighted by Crippen LogP contribution is 2.60. The molecule has 5 aliphatic rings. The summed E-state index contributed by atoms with van der Waals surface area (Å²) in [5.74, 6) is 1.83. The van der Waals surface area contributed by atoms with Crippen LogP contribution in [0.3, 0.4) is 0 Å². The predicted octanol–water partition coefficient (Wildman–Crippen LogP) is 3.42. The molecule has 0 aromatic heterocycles. The van der Waals surface area contributed by atoms with Crippen LogP contribution in [-0.2, 0) is 9.47 Å². The van der Waals surface area contributed by atoms with Crippen molar-refractivity contribution >= 4 is 29.9 Å². The fourth-order valence-electron chi connectivity index (χ4n) is 6.96. The van der Waals surface area contributed by atoms with Crippen LogP contribution in [0.4, 0.5) is 0 Å². The molecule has 5 rings (SSSR count). The Morgan fingerprint density at radius 2 is 1.89 bits per heavy atom. The molecule has 3 saturated heterocycles. The van der Waals surface area contributed by atoms with E-state index in [0.717, 1.165) is 38.9 Å². The molecule has 0 bridgehead atoms. The second-order valence-electron chi connectivity index (χ2n) is 9.53. The molecule has 154 valence electrons. The Labute approximate surface area is 181 Å². The average molecular weight is 489 g/mol. The molecule has 0 aromatic rings. The third kappa shape index (κ3) is 3.31. The second-order valence-corrected chi connectivity index (χ2v) is 9.53. The van der Waals surface area contributed by atoms with Crippen molar-refractivity contribution < 1.29 is 9.47 Å². The number of rotatable bonds is 1. The molecule has 1 N–H and O–H groups in total.